The van der Waals surface area contributed by atoms with Crippen molar-refractivity contribution in [1.29, 1.82) is 0 Å². The number of halogens is 1. The zero-order valence-corrected chi connectivity index (χ0v) is 19.0. The highest BCUT2D eigenvalue weighted by atomic mass is 32.2. The number of anilines is 2. The van der Waals surface area contributed by atoms with E-state index in [0.29, 0.717) is 0 Å². The number of carbonyl (C=O) groups excluding carboxylic acids is 1. The van der Waals surface area contributed by atoms with Crippen molar-refractivity contribution < 1.29 is 17.6 Å². The van der Waals surface area contributed by atoms with Crippen molar-refractivity contribution in [3.8, 4) is 0 Å². The number of nitrogens with one attached hydrogen (secondary N) is 1. The van der Waals surface area contributed by atoms with Crippen LogP contribution in [0.3, 0.4) is 0 Å². The van der Waals surface area contributed by atoms with Crippen molar-refractivity contribution in [1.82, 2.24) is 5.32 Å². The van der Waals surface area contributed by atoms with Crippen molar-refractivity contribution in [3.63, 3.8) is 0 Å². The van der Waals surface area contributed by atoms with E-state index in [0.717, 1.165) is 35.1 Å². The molecule has 1 saturated heterocycles. The number of carbonyl (C=O) groups is 1. The Labute approximate surface area is 184 Å². The zero-order valence-electron chi connectivity index (χ0n) is 18.2. The Morgan fingerprint density at radius 2 is 1.71 bits per heavy atom. The van der Waals surface area contributed by atoms with Crippen LogP contribution in [0.1, 0.15) is 38.3 Å². The molecule has 8 heteroatoms. The summed E-state index contributed by atoms with van der Waals surface area (Å²) in [5.41, 5.74) is 2.36. The van der Waals surface area contributed by atoms with Gasteiger partial charge in [-0.25, -0.2) is 12.8 Å². The van der Waals surface area contributed by atoms with E-state index in [1.165, 1.54) is 42.8 Å². The molecule has 1 fully saturated rings. The monoisotopic (exact) mass is 447 g/mol. The number of nitrogens with zero attached hydrogens (tertiary/aromatic N) is 2. The molecule has 3 rings (SSSR count). The lowest BCUT2D eigenvalue weighted by Gasteiger charge is -2.32. The Kier molecular flexibility index (Phi) is 7.20. The summed E-state index contributed by atoms with van der Waals surface area (Å²) < 4.78 is 38.5. The molecule has 1 amide bonds. The molecule has 2 aromatic rings. The van der Waals surface area contributed by atoms with E-state index in [-0.39, 0.29) is 18.3 Å². The summed E-state index contributed by atoms with van der Waals surface area (Å²) in [4.78, 5) is 14.9. The molecule has 0 aromatic heterocycles. The average Bonchev–Trinajstić information content (AvgIpc) is 2.73. The van der Waals surface area contributed by atoms with Gasteiger partial charge in [-0.05, 0) is 67.6 Å². The van der Waals surface area contributed by atoms with Gasteiger partial charge in [-0.3, -0.25) is 9.10 Å². The van der Waals surface area contributed by atoms with Crippen molar-refractivity contribution in [2.24, 2.45) is 5.92 Å². The Morgan fingerprint density at radius 1 is 1.13 bits per heavy atom. The third-order valence-electron chi connectivity index (χ3n) is 5.72. The molecule has 2 aromatic carbocycles. The van der Waals surface area contributed by atoms with Gasteiger partial charge in [0.25, 0.3) is 0 Å². The first-order chi connectivity index (χ1) is 14.6. The number of benzene rings is 2. The Hall–Kier alpha value is -2.61. The molecule has 1 aliphatic heterocycles. The van der Waals surface area contributed by atoms with E-state index >= 15 is 0 Å². The molecule has 1 aliphatic rings. The summed E-state index contributed by atoms with van der Waals surface area (Å²) >= 11 is 0. The molecule has 0 aliphatic carbocycles. The minimum absolute atomic E-state index is 0.243. The first kappa shape index (κ1) is 23.1. The maximum absolute atomic E-state index is 13.2. The van der Waals surface area contributed by atoms with E-state index in [1.807, 2.05) is 19.1 Å². The van der Waals surface area contributed by atoms with Gasteiger partial charge in [0, 0.05) is 18.8 Å². The molecule has 0 saturated carbocycles. The second kappa shape index (κ2) is 9.68. The zero-order chi connectivity index (χ0) is 22.6. The maximum atomic E-state index is 13.2. The van der Waals surface area contributed by atoms with Gasteiger partial charge in [0.15, 0.2) is 0 Å². The van der Waals surface area contributed by atoms with Crippen molar-refractivity contribution in [3.05, 3.63) is 59.9 Å². The molecular formula is C23H30FN3O3S. The fourth-order valence-electron chi connectivity index (χ4n) is 3.75. The molecule has 0 bridgehead atoms. The number of rotatable bonds is 7. The molecule has 0 radical (unpaired) electrons. The van der Waals surface area contributed by atoms with Crippen LogP contribution in [-0.4, -0.2) is 40.2 Å². The average molecular weight is 448 g/mol. The lowest BCUT2D eigenvalue weighted by atomic mass is 9.98. The van der Waals surface area contributed by atoms with Crippen molar-refractivity contribution in [2.45, 2.75) is 32.7 Å². The van der Waals surface area contributed by atoms with Gasteiger partial charge in [0.05, 0.1) is 18.0 Å². The Morgan fingerprint density at radius 3 is 2.26 bits per heavy atom. The fraction of sp³-hybridized carbons (Fsp3) is 0.435. The van der Waals surface area contributed by atoms with Gasteiger partial charge in [-0.1, -0.05) is 19.1 Å². The van der Waals surface area contributed by atoms with Gasteiger partial charge < -0.3 is 10.2 Å². The predicted octanol–water partition coefficient (Wildman–Crippen LogP) is 3.71. The number of piperidine rings is 1. The molecule has 6 nitrogen and oxygen atoms in total. The topological polar surface area (TPSA) is 69.7 Å². The molecule has 31 heavy (non-hydrogen) atoms. The highest BCUT2D eigenvalue weighted by Gasteiger charge is 2.22. The van der Waals surface area contributed by atoms with Gasteiger partial charge in [0.2, 0.25) is 15.9 Å². The smallest absolute Gasteiger partial charge is 0.241 e. The van der Waals surface area contributed by atoms with Gasteiger partial charge >= 0.3 is 0 Å². The first-order valence-corrected chi connectivity index (χ1v) is 12.4. The fourth-order valence-corrected chi connectivity index (χ4v) is 4.61. The highest BCUT2D eigenvalue weighted by molar-refractivity contribution is 7.92. The first-order valence-electron chi connectivity index (χ1n) is 10.5. The standard InChI is InChI=1S/C23H30FN3O3S/c1-17-12-14-26(15-13-17)21-8-4-19(5-9-21)18(2)25-23(28)16-27(31(3,29)30)22-10-6-20(24)7-11-22/h4-11,17-18H,12-16H2,1-3H3,(H,25,28). The van der Waals surface area contributed by atoms with E-state index < -0.39 is 21.7 Å². The van der Waals surface area contributed by atoms with E-state index in [4.69, 9.17) is 0 Å². The number of hydrogen-bond acceptors (Lipinski definition) is 4. The van der Waals surface area contributed by atoms with E-state index in [2.05, 4.69) is 29.3 Å². The van der Waals surface area contributed by atoms with Gasteiger partial charge in [-0.2, -0.15) is 0 Å². The largest absolute Gasteiger partial charge is 0.372 e. The second-order valence-corrected chi connectivity index (χ2v) is 10.2. The molecule has 168 valence electrons. The molecule has 1 atom stereocenters. The third kappa shape index (κ3) is 6.19. The van der Waals surface area contributed by atoms with Gasteiger partial charge in [-0.15, -0.1) is 0 Å². The van der Waals surface area contributed by atoms with Crippen LogP contribution in [0.25, 0.3) is 0 Å². The molecule has 1 N–H and O–H groups in total. The Bertz CT molecular complexity index is 986. The maximum Gasteiger partial charge on any atom is 0.241 e. The molecule has 1 unspecified atom stereocenters. The second-order valence-electron chi connectivity index (χ2n) is 8.30. The summed E-state index contributed by atoms with van der Waals surface area (Å²) in [6.45, 7) is 5.87. The predicted molar refractivity (Wildman–Crippen MR) is 122 cm³/mol. The normalized spacial score (nSPS) is 16.1. The lowest BCUT2D eigenvalue weighted by molar-refractivity contribution is -0.120. The summed E-state index contributed by atoms with van der Waals surface area (Å²) in [5, 5.41) is 2.85. The van der Waals surface area contributed by atoms with Crippen LogP contribution in [0.4, 0.5) is 15.8 Å². The van der Waals surface area contributed by atoms with E-state index in [1.54, 1.807) is 0 Å². The SMILES string of the molecule is CC1CCN(c2ccc(C(C)NC(=O)CN(c3ccc(F)cc3)S(C)(=O)=O)cc2)CC1. The van der Waals surface area contributed by atoms with Crippen molar-refractivity contribution in [2.75, 3.05) is 35.1 Å². The minimum Gasteiger partial charge on any atom is -0.372 e. The molecule has 0 spiro atoms. The van der Waals surface area contributed by atoms with Crippen LogP contribution in [0, 0.1) is 11.7 Å². The summed E-state index contributed by atoms with van der Waals surface area (Å²) in [6, 6.07) is 12.8. The van der Waals surface area contributed by atoms with Crippen LogP contribution in [0.5, 0.6) is 0 Å². The number of amides is 1. The molecule has 1 heterocycles. The van der Waals surface area contributed by atoms with Crippen LogP contribution in [0.15, 0.2) is 48.5 Å². The minimum atomic E-state index is -3.70. The number of hydrogen-bond donors (Lipinski definition) is 1. The van der Waals surface area contributed by atoms with Crippen LogP contribution < -0.4 is 14.5 Å². The van der Waals surface area contributed by atoms with Crippen LogP contribution >= 0.6 is 0 Å². The highest BCUT2D eigenvalue weighted by Crippen LogP contribution is 2.25. The Balaban J connectivity index is 1.63. The summed E-state index contributed by atoms with van der Waals surface area (Å²) in [6.07, 6.45) is 3.41. The quantitative estimate of drug-likeness (QED) is 0.703. The summed E-state index contributed by atoms with van der Waals surface area (Å²) in [5.74, 6) is -0.138. The van der Waals surface area contributed by atoms with Crippen LogP contribution in [-0.2, 0) is 14.8 Å². The van der Waals surface area contributed by atoms with Gasteiger partial charge in [0.1, 0.15) is 12.4 Å². The number of sulfonamides is 1. The van der Waals surface area contributed by atoms with Crippen molar-refractivity contribution >= 4 is 27.3 Å². The lowest BCUT2D eigenvalue weighted by Crippen LogP contribution is -2.41. The third-order valence-corrected chi connectivity index (χ3v) is 6.86. The summed E-state index contributed by atoms with van der Waals surface area (Å²) in [7, 11) is -3.70. The molecular weight excluding hydrogens is 417 g/mol. The van der Waals surface area contributed by atoms with E-state index in [9.17, 15) is 17.6 Å². The van der Waals surface area contributed by atoms with Crippen LogP contribution in [0.2, 0.25) is 0 Å².